The molecule has 2 aromatic rings. The zero-order valence-corrected chi connectivity index (χ0v) is 16.3. The van der Waals surface area contributed by atoms with Crippen molar-refractivity contribution in [2.45, 2.75) is 18.6 Å². The van der Waals surface area contributed by atoms with Crippen molar-refractivity contribution in [3.05, 3.63) is 59.7 Å². The summed E-state index contributed by atoms with van der Waals surface area (Å²) in [6, 6.07) is 14.9. The molecule has 144 valence electrons. The molecule has 3 rings (SSSR count). The SMILES string of the molecule is COc1cccc(/C=N\N=C2\NC(=O)[C@H](CC(=O)Nc3cccc(C)c3)S2)c1. The number of carbonyl (C=O) groups is 2. The van der Waals surface area contributed by atoms with E-state index in [1.807, 2.05) is 55.5 Å². The molecule has 0 radical (unpaired) electrons. The smallest absolute Gasteiger partial charge is 0.240 e. The van der Waals surface area contributed by atoms with E-state index in [2.05, 4.69) is 20.8 Å². The zero-order valence-electron chi connectivity index (χ0n) is 15.5. The van der Waals surface area contributed by atoms with E-state index in [0.717, 1.165) is 16.9 Å². The van der Waals surface area contributed by atoms with Gasteiger partial charge in [-0.2, -0.15) is 5.10 Å². The largest absolute Gasteiger partial charge is 0.497 e. The van der Waals surface area contributed by atoms with Crippen molar-refractivity contribution in [3.63, 3.8) is 0 Å². The van der Waals surface area contributed by atoms with Gasteiger partial charge in [0.05, 0.1) is 13.3 Å². The number of ether oxygens (including phenoxy) is 1. The van der Waals surface area contributed by atoms with Crippen molar-refractivity contribution in [1.82, 2.24) is 5.32 Å². The van der Waals surface area contributed by atoms with E-state index in [1.165, 1.54) is 11.8 Å². The van der Waals surface area contributed by atoms with E-state index in [0.29, 0.717) is 10.9 Å². The lowest BCUT2D eigenvalue weighted by molar-refractivity contribution is -0.122. The number of thioether (sulfide) groups is 1. The Kier molecular flexibility index (Phi) is 6.44. The van der Waals surface area contributed by atoms with Crippen molar-refractivity contribution in [2.24, 2.45) is 10.2 Å². The molecule has 1 fully saturated rings. The Balaban J connectivity index is 1.56. The highest BCUT2D eigenvalue weighted by molar-refractivity contribution is 8.15. The molecule has 0 aliphatic carbocycles. The topological polar surface area (TPSA) is 92.2 Å². The summed E-state index contributed by atoms with van der Waals surface area (Å²) in [6.07, 6.45) is 1.63. The van der Waals surface area contributed by atoms with E-state index in [9.17, 15) is 9.59 Å². The third-order valence-corrected chi connectivity index (χ3v) is 4.97. The predicted molar refractivity (Wildman–Crippen MR) is 112 cm³/mol. The molecule has 0 aromatic heterocycles. The average Bonchev–Trinajstić information content (AvgIpc) is 3.01. The van der Waals surface area contributed by atoms with Gasteiger partial charge in [-0.25, -0.2) is 0 Å². The van der Waals surface area contributed by atoms with Gasteiger partial charge in [-0.3, -0.25) is 9.59 Å². The van der Waals surface area contributed by atoms with Crippen molar-refractivity contribution >= 4 is 40.6 Å². The lowest BCUT2D eigenvalue weighted by atomic mass is 10.2. The van der Waals surface area contributed by atoms with Gasteiger partial charge in [0.1, 0.15) is 11.0 Å². The number of nitrogens with one attached hydrogen (secondary N) is 2. The van der Waals surface area contributed by atoms with E-state index in [4.69, 9.17) is 4.74 Å². The first-order valence-electron chi connectivity index (χ1n) is 8.62. The van der Waals surface area contributed by atoms with E-state index in [1.54, 1.807) is 13.3 Å². The van der Waals surface area contributed by atoms with Crippen LogP contribution < -0.4 is 15.4 Å². The second-order valence-electron chi connectivity index (χ2n) is 6.14. The highest BCUT2D eigenvalue weighted by atomic mass is 32.2. The van der Waals surface area contributed by atoms with Gasteiger partial charge in [-0.05, 0) is 42.3 Å². The first kappa shape index (κ1) is 19.6. The summed E-state index contributed by atoms with van der Waals surface area (Å²) in [7, 11) is 1.59. The number of amides is 2. The fraction of sp³-hybridized carbons (Fsp3) is 0.200. The Hall–Kier alpha value is -3.13. The molecular weight excluding hydrogens is 376 g/mol. The number of aryl methyl sites for hydroxylation is 1. The Bertz CT molecular complexity index is 943. The van der Waals surface area contributed by atoms with Crippen LogP contribution >= 0.6 is 11.8 Å². The third kappa shape index (κ3) is 5.43. The first-order valence-corrected chi connectivity index (χ1v) is 9.50. The van der Waals surface area contributed by atoms with Gasteiger partial charge in [0.2, 0.25) is 11.8 Å². The van der Waals surface area contributed by atoms with E-state index in [-0.39, 0.29) is 18.2 Å². The number of methoxy groups -OCH3 is 1. The van der Waals surface area contributed by atoms with Crippen LogP contribution in [0, 0.1) is 6.92 Å². The van der Waals surface area contributed by atoms with E-state index >= 15 is 0 Å². The molecule has 8 heteroatoms. The van der Waals surface area contributed by atoms with Crippen molar-refractivity contribution in [2.75, 3.05) is 12.4 Å². The van der Waals surface area contributed by atoms with Crippen molar-refractivity contribution in [3.8, 4) is 5.75 Å². The number of carbonyl (C=O) groups excluding carboxylic acids is 2. The quantitative estimate of drug-likeness (QED) is 0.580. The summed E-state index contributed by atoms with van der Waals surface area (Å²) < 4.78 is 5.15. The maximum absolute atomic E-state index is 12.2. The summed E-state index contributed by atoms with van der Waals surface area (Å²) in [5.41, 5.74) is 2.59. The van der Waals surface area contributed by atoms with Crippen LogP contribution in [0.15, 0.2) is 58.7 Å². The molecule has 1 heterocycles. The molecule has 0 unspecified atom stereocenters. The maximum Gasteiger partial charge on any atom is 0.240 e. The summed E-state index contributed by atoms with van der Waals surface area (Å²) in [5, 5.41) is 13.3. The molecule has 1 saturated heterocycles. The fourth-order valence-corrected chi connectivity index (χ4v) is 3.48. The molecule has 28 heavy (non-hydrogen) atoms. The molecule has 0 spiro atoms. The van der Waals surface area contributed by atoms with Gasteiger partial charge in [0, 0.05) is 12.1 Å². The van der Waals surface area contributed by atoms with Gasteiger partial charge >= 0.3 is 0 Å². The molecule has 0 saturated carbocycles. The number of amidine groups is 1. The molecule has 2 N–H and O–H groups in total. The van der Waals surface area contributed by atoms with Gasteiger partial charge in [-0.15, -0.1) is 5.10 Å². The second-order valence-corrected chi connectivity index (χ2v) is 7.34. The molecule has 1 aliphatic rings. The summed E-state index contributed by atoms with van der Waals surface area (Å²) in [5.74, 6) is 0.249. The Morgan fingerprint density at radius 1 is 1.29 bits per heavy atom. The summed E-state index contributed by atoms with van der Waals surface area (Å²) >= 11 is 1.19. The average molecular weight is 396 g/mol. The number of hydrogen-bond donors (Lipinski definition) is 2. The number of benzene rings is 2. The minimum Gasteiger partial charge on any atom is -0.497 e. The third-order valence-electron chi connectivity index (χ3n) is 3.90. The van der Waals surface area contributed by atoms with Crippen LogP contribution in [-0.4, -0.2) is 35.6 Å². The van der Waals surface area contributed by atoms with Gasteiger partial charge in [-0.1, -0.05) is 36.0 Å². The zero-order chi connectivity index (χ0) is 19.9. The molecular formula is C20H20N4O3S. The van der Waals surface area contributed by atoms with Crippen LogP contribution in [0.5, 0.6) is 5.75 Å². The van der Waals surface area contributed by atoms with E-state index < -0.39 is 5.25 Å². The first-order chi connectivity index (χ1) is 13.5. The van der Waals surface area contributed by atoms with Gasteiger partial charge < -0.3 is 15.4 Å². The number of nitrogens with zero attached hydrogens (tertiary/aromatic N) is 2. The van der Waals surface area contributed by atoms with Crippen LogP contribution in [0.4, 0.5) is 5.69 Å². The number of hydrogen-bond acceptors (Lipinski definition) is 6. The second kappa shape index (κ2) is 9.18. The van der Waals surface area contributed by atoms with Gasteiger partial charge in [0.25, 0.3) is 0 Å². The van der Waals surface area contributed by atoms with Crippen LogP contribution in [0.2, 0.25) is 0 Å². The minimum atomic E-state index is -0.532. The maximum atomic E-state index is 12.2. The fourth-order valence-electron chi connectivity index (χ4n) is 2.56. The molecule has 2 amide bonds. The minimum absolute atomic E-state index is 0.0586. The predicted octanol–water partition coefficient (Wildman–Crippen LogP) is 2.95. The molecule has 1 aliphatic heterocycles. The summed E-state index contributed by atoms with van der Waals surface area (Å²) in [4.78, 5) is 24.3. The van der Waals surface area contributed by atoms with Crippen molar-refractivity contribution in [1.29, 1.82) is 0 Å². The standard InChI is InChI=1S/C20H20N4O3S/c1-13-5-3-7-15(9-13)22-18(25)11-17-19(26)23-20(28-17)24-21-12-14-6-4-8-16(10-14)27-2/h3-10,12,17H,11H2,1-2H3,(H,22,25)(H,23,24,26)/b21-12-/t17-/m0/s1. The van der Waals surface area contributed by atoms with Crippen LogP contribution in [0.3, 0.4) is 0 Å². The van der Waals surface area contributed by atoms with Crippen LogP contribution in [0.1, 0.15) is 17.5 Å². The van der Waals surface area contributed by atoms with Gasteiger partial charge in [0.15, 0.2) is 5.17 Å². The molecule has 7 nitrogen and oxygen atoms in total. The Labute approximate surface area is 167 Å². The Morgan fingerprint density at radius 2 is 2.11 bits per heavy atom. The number of rotatable bonds is 6. The highest BCUT2D eigenvalue weighted by Gasteiger charge is 2.32. The van der Waals surface area contributed by atoms with Crippen molar-refractivity contribution < 1.29 is 14.3 Å². The summed E-state index contributed by atoms with van der Waals surface area (Å²) in [6.45, 7) is 1.95. The number of anilines is 1. The highest BCUT2D eigenvalue weighted by Crippen LogP contribution is 2.23. The molecule has 0 bridgehead atoms. The molecule has 2 aromatic carbocycles. The van der Waals surface area contributed by atoms with Crippen LogP contribution in [0.25, 0.3) is 0 Å². The van der Waals surface area contributed by atoms with Crippen LogP contribution in [-0.2, 0) is 9.59 Å². The lowest BCUT2D eigenvalue weighted by Gasteiger charge is -2.07. The monoisotopic (exact) mass is 396 g/mol. The Morgan fingerprint density at radius 3 is 2.89 bits per heavy atom. The molecule has 1 atom stereocenters. The lowest BCUT2D eigenvalue weighted by Crippen LogP contribution is -2.28. The normalized spacial score (nSPS) is 17.7.